The van der Waals surface area contributed by atoms with Crippen molar-refractivity contribution in [2.45, 2.75) is 19.4 Å². The number of aromatic hydroxyl groups is 1. The zero-order chi connectivity index (χ0) is 16.1. The predicted octanol–water partition coefficient (Wildman–Crippen LogP) is 3.06. The highest BCUT2D eigenvalue weighted by atomic mass is 16.4. The first-order valence-corrected chi connectivity index (χ1v) is 6.86. The van der Waals surface area contributed by atoms with E-state index in [0.29, 0.717) is 23.2 Å². The number of carboxylic acids is 1. The van der Waals surface area contributed by atoms with Gasteiger partial charge in [0.2, 0.25) is 0 Å². The van der Waals surface area contributed by atoms with Gasteiger partial charge >= 0.3 is 5.97 Å². The van der Waals surface area contributed by atoms with Crippen molar-refractivity contribution < 1.29 is 15.0 Å². The highest BCUT2D eigenvalue weighted by molar-refractivity contribution is 5.79. The zero-order valence-electron chi connectivity index (χ0n) is 12.1. The fourth-order valence-electron chi connectivity index (χ4n) is 2.17. The van der Waals surface area contributed by atoms with Crippen molar-refractivity contribution in [2.75, 3.05) is 5.32 Å². The van der Waals surface area contributed by atoms with Gasteiger partial charge in [0, 0.05) is 5.69 Å². The molecule has 112 valence electrons. The van der Waals surface area contributed by atoms with Crippen molar-refractivity contribution in [1.82, 2.24) is 0 Å². The van der Waals surface area contributed by atoms with E-state index in [4.69, 9.17) is 5.26 Å². The van der Waals surface area contributed by atoms with E-state index in [1.54, 1.807) is 36.4 Å². The van der Waals surface area contributed by atoms with Crippen LogP contribution in [0.3, 0.4) is 0 Å². The summed E-state index contributed by atoms with van der Waals surface area (Å²) in [4.78, 5) is 11.5. The topological polar surface area (TPSA) is 93.4 Å². The summed E-state index contributed by atoms with van der Waals surface area (Å²) < 4.78 is 0. The number of benzene rings is 2. The normalized spacial score (nSPS) is 11.5. The first-order valence-electron chi connectivity index (χ1n) is 6.86. The third kappa shape index (κ3) is 3.55. The number of phenolic OH excluding ortho intramolecular Hbond substituents is 1. The number of phenols is 1. The third-order valence-corrected chi connectivity index (χ3v) is 3.31. The van der Waals surface area contributed by atoms with E-state index in [-0.39, 0.29) is 5.75 Å². The van der Waals surface area contributed by atoms with Crippen LogP contribution in [0.4, 0.5) is 5.69 Å². The Morgan fingerprint density at radius 3 is 2.50 bits per heavy atom. The zero-order valence-corrected chi connectivity index (χ0v) is 12.1. The molecule has 0 radical (unpaired) electrons. The summed E-state index contributed by atoms with van der Waals surface area (Å²) >= 11 is 0. The van der Waals surface area contributed by atoms with Crippen LogP contribution in [-0.2, 0) is 11.2 Å². The molecule has 0 amide bonds. The minimum absolute atomic E-state index is 0.0437. The Balaban J connectivity index is 2.32. The number of carbonyl (C=O) groups is 1. The molecular formula is C17H16N2O3. The molecule has 0 aliphatic rings. The van der Waals surface area contributed by atoms with Gasteiger partial charge < -0.3 is 15.5 Å². The van der Waals surface area contributed by atoms with Crippen LogP contribution in [0.1, 0.15) is 29.7 Å². The molecule has 0 fully saturated rings. The minimum atomic E-state index is -1.04. The SMILES string of the molecule is CCc1cc(O)cc(C(Nc2ccc(C#N)cc2)C(=O)O)c1. The number of nitrogens with one attached hydrogen (secondary N) is 1. The van der Waals surface area contributed by atoms with Gasteiger partial charge in [0.05, 0.1) is 11.6 Å². The van der Waals surface area contributed by atoms with Crippen molar-refractivity contribution in [3.63, 3.8) is 0 Å². The molecule has 0 heterocycles. The van der Waals surface area contributed by atoms with Gasteiger partial charge in [-0.3, -0.25) is 0 Å². The standard InChI is InChI=1S/C17H16N2O3/c1-2-11-7-13(9-15(20)8-11)16(17(21)22)19-14-5-3-12(10-18)4-6-14/h3-9,16,19-20H,2H2,1H3,(H,21,22). The van der Waals surface area contributed by atoms with Gasteiger partial charge in [-0.15, -0.1) is 0 Å². The number of carboxylic acid groups (broad SMARTS) is 1. The number of aliphatic carboxylic acids is 1. The Kier molecular flexibility index (Phi) is 4.64. The van der Waals surface area contributed by atoms with Crippen molar-refractivity contribution in [3.05, 3.63) is 59.2 Å². The van der Waals surface area contributed by atoms with Crippen molar-refractivity contribution in [2.24, 2.45) is 0 Å². The molecule has 0 aliphatic heterocycles. The van der Waals surface area contributed by atoms with Gasteiger partial charge in [-0.2, -0.15) is 5.26 Å². The summed E-state index contributed by atoms with van der Waals surface area (Å²) in [6, 6.07) is 12.4. The average Bonchev–Trinajstić information content (AvgIpc) is 2.52. The van der Waals surface area contributed by atoms with Crippen LogP contribution in [0.5, 0.6) is 5.75 Å². The molecule has 22 heavy (non-hydrogen) atoms. The maximum Gasteiger partial charge on any atom is 0.330 e. The Morgan fingerprint density at radius 1 is 1.27 bits per heavy atom. The molecule has 1 atom stereocenters. The minimum Gasteiger partial charge on any atom is -0.508 e. The summed E-state index contributed by atoms with van der Waals surface area (Å²) in [7, 11) is 0. The Hall–Kier alpha value is -3.00. The van der Waals surface area contributed by atoms with Crippen molar-refractivity contribution in [1.29, 1.82) is 5.26 Å². The molecule has 2 aromatic rings. The number of anilines is 1. The Morgan fingerprint density at radius 2 is 1.95 bits per heavy atom. The van der Waals surface area contributed by atoms with E-state index in [1.165, 1.54) is 6.07 Å². The van der Waals surface area contributed by atoms with Crippen LogP contribution in [0, 0.1) is 11.3 Å². The molecule has 5 nitrogen and oxygen atoms in total. The van der Waals surface area contributed by atoms with Gasteiger partial charge in [-0.1, -0.05) is 13.0 Å². The van der Waals surface area contributed by atoms with Gasteiger partial charge in [0.25, 0.3) is 0 Å². The van der Waals surface area contributed by atoms with E-state index < -0.39 is 12.0 Å². The molecule has 2 aromatic carbocycles. The lowest BCUT2D eigenvalue weighted by Crippen LogP contribution is -2.20. The fraction of sp³-hybridized carbons (Fsp3) is 0.176. The van der Waals surface area contributed by atoms with E-state index in [0.717, 1.165) is 5.56 Å². The number of aryl methyl sites for hydroxylation is 1. The number of nitriles is 1. The summed E-state index contributed by atoms with van der Waals surface area (Å²) in [5.74, 6) is -1.00. The van der Waals surface area contributed by atoms with Crippen LogP contribution in [0.2, 0.25) is 0 Å². The molecule has 0 bridgehead atoms. The first kappa shape index (κ1) is 15.4. The van der Waals surface area contributed by atoms with E-state index in [1.807, 2.05) is 13.0 Å². The van der Waals surface area contributed by atoms with Crippen LogP contribution >= 0.6 is 0 Å². The van der Waals surface area contributed by atoms with E-state index in [9.17, 15) is 15.0 Å². The number of hydrogen-bond acceptors (Lipinski definition) is 4. The lowest BCUT2D eigenvalue weighted by Gasteiger charge is -2.17. The molecule has 0 aliphatic carbocycles. The molecule has 0 saturated carbocycles. The fourth-order valence-corrected chi connectivity index (χ4v) is 2.17. The molecule has 0 aromatic heterocycles. The monoisotopic (exact) mass is 296 g/mol. The summed E-state index contributed by atoms with van der Waals surface area (Å²) in [6.45, 7) is 1.93. The largest absolute Gasteiger partial charge is 0.508 e. The van der Waals surface area contributed by atoms with Crippen LogP contribution in [0.15, 0.2) is 42.5 Å². The first-order chi connectivity index (χ1) is 10.5. The summed E-state index contributed by atoms with van der Waals surface area (Å²) in [6.07, 6.45) is 0.699. The molecular weight excluding hydrogens is 280 g/mol. The highest BCUT2D eigenvalue weighted by Gasteiger charge is 2.20. The second kappa shape index (κ2) is 6.64. The molecule has 1 unspecified atom stereocenters. The quantitative estimate of drug-likeness (QED) is 0.788. The van der Waals surface area contributed by atoms with Gasteiger partial charge in [-0.05, 0) is 53.9 Å². The predicted molar refractivity (Wildman–Crippen MR) is 82.6 cm³/mol. The molecule has 0 spiro atoms. The number of hydrogen-bond donors (Lipinski definition) is 3. The van der Waals surface area contributed by atoms with Crippen LogP contribution in [0.25, 0.3) is 0 Å². The van der Waals surface area contributed by atoms with Gasteiger partial charge in [-0.25, -0.2) is 4.79 Å². The summed E-state index contributed by atoms with van der Waals surface area (Å²) in [5, 5.41) is 30.9. The Bertz CT molecular complexity index is 718. The van der Waals surface area contributed by atoms with Crippen molar-refractivity contribution >= 4 is 11.7 Å². The lowest BCUT2D eigenvalue weighted by atomic mass is 10.0. The molecule has 3 N–H and O–H groups in total. The van der Waals surface area contributed by atoms with Gasteiger partial charge in [0.1, 0.15) is 5.75 Å². The maximum atomic E-state index is 11.5. The smallest absolute Gasteiger partial charge is 0.330 e. The molecule has 5 heteroatoms. The van der Waals surface area contributed by atoms with Crippen LogP contribution < -0.4 is 5.32 Å². The maximum absolute atomic E-state index is 11.5. The highest BCUT2D eigenvalue weighted by Crippen LogP contribution is 2.25. The number of rotatable bonds is 5. The van der Waals surface area contributed by atoms with E-state index >= 15 is 0 Å². The second-order valence-corrected chi connectivity index (χ2v) is 4.89. The van der Waals surface area contributed by atoms with Crippen molar-refractivity contribution in [3.8, 4) is 11.8 Å². The number of nitrogens with zero attached hydrogens (tertiary/aromatic N) is 1. The summed E-state index contributed by atoms with van der Waals surface area (Å²) in [5.41, 5.74) is 2.44. The van der Waals surface area contributed by atoms with Gasteiger partial charge in [0.15, 0.2) is 6.04 Å². The molecule has 2 rings (SSSR count). The van der Waals surface area contributed by atoms with Crippen LogP contribution in [-0.4, -0.2) is 16.2 Å². The Labute approximate surface area is 128 Å². The van der Waals surface area contributed by atoms with E-state index in [2.05, 4.69) is 5.32 Å². The third-order valence-electron chi connectivity index (χ3n) is 3.31. The average molecular weight is 296 g/mol. The second-order valence-electron chi connectivity index (χ2n) is 4.89. The lowest BCUT2D eigenvalue weighted by molar-refractivity contribution is -0.138. The molecule has 0 saturated heterocycles.